The first kappa shape index (κ1) is 17.0. The lowest BCUT2D eigenvalue weighted by Gasteiger charge is -2.15. The van der Waals surface area contributed by atoms with Gasteiger partial charge in [-0.05, 0) is 57.4 Å². The minimum absolute atomic E-state index is 0.255. The molecular formula is C16H27NO3. The van der Waals surface area contributed by atoms with Gasteiger partial charge < -0.3 is 20.3 Å². The van der Waals surface area contributed by atoms with Crippen LogP contribution in [0.1, 0.15) is 30.9 Å². The quantitative estimate of drug-likeness (QED) is 0.604. The molecule has 0 aromatic heterocycles. The second kappa shape index (κ2) is 8.95. The number of aliphatic hydroxyl groups excluding tert-OH is 2. The Bertz CT molecular complexity index is 393. The van der Waals surface area contributed by atoms with Crippen LogP contribution in [0.15, 0.2) is 18.2 Å². The fourth-order valence-corrected chi connectivity index (χ4v) is 1.90. The van der Waals surface area contributed by atoms with Crippen LogP contribution in [-0.2, 0) is 0 Å². The van der Waals surface area contributed by atoms with Gasteiger partial charge in [0, 0.05) is 6.54 Å². The van der Waals surface area contributed by atoms with Crippen LogP contribution in [0.25, 0.3) is 0 Å². The topological polar surface area (TPSA) is 61.7 Å². The third-order valence-electron chi connectivity index (χ3n) is 3.13. The van der Waals surface area contributed by atoms with Crippen molar-refractivity contribution >= 4 is 0 Å². The summed E-state index contributed by atoms with van der Waals surface area (Å²) in [6.45, 7) is 7.39. The number of benzene rings is 1. The first-order chi connectivity index (χ1) is 9.49. The highest BCUT2D eigenvalue weighted by Gasteiger charge is 2.06. The molecule has 0 amide bonds. The molecule has 0 heterocycles. The van der Waals surface area contributed by atoms with Crippen LogP contribution in [0, 0.1) is 13.8 Å². The number of aryl methyl sites for hydroxylation is 2. The van der Waals surface area contributed by atoms with E-state index in [1.807, 2.05) is 32.0 Å². The summed E-state index contributed by atoms with van der Waals surface area (Å²) in [5, 5.41) is 22.1. The van der Waals surface area contributed by atoms with Crippen molar-refractivity contribution in [3.8, 4) is 5.75 Å². The van der Waals surface area contributed by atoms with Crippen molar-refractivity contribution in [1.29, 1.82) is 0 Å². The SMILES string of the molecule is Cc1ccc(C)c(OCC(O)CNCCCC(C)O)c1. The van der Waals surface area contributed by atoms with Crippen molar-refractivity contribution < 1.29 is 14.9 Å². The van der Waals surface area contributed by atoms with E-state index in [4.69, 9.17) is 9.84 Å². The summed E-state index contributed by atoms with van der Waals surface area (Å²) in [5.41, 5.74) is 2.23. The zero-order valence-corrected chi connectivity index (χ0v) is 12.7. The number of hydrogen-bond acceptors (Lipinski definition) is 4. The molecule has 0 saturated carbocycles. The second-order valence-electron chi connectivity index (χ2n) is 5.43. The molecule has 1 aromatic carbocycles. The number of aliphatic hydroxyl groups is 2. The second-order valence-corrected chi connectivity index (χ2v) is 5.43. The van der Waals surface area contributed by atoms with Gasteiger partial charge in [-0.2, -0.15) is 0 Å². The average molecular weight is 281 g/mol. The summed E-state index contributed by atoms with van der Waals surface area (Å²) in [4.78, 5) is 0. The van der Waals surface area contributed by atoms with Crippen LogP contribution in [0.2, 0.25) is 0 Å². The molecule has 2 unspecified atom stereocenters. The lowest BCUT2D eigenvalue weighted by atomic mass is 10.1. The molecule has 114 valence electrons. The van der Waals surface area contributed by atoms with E-state index in [0.717, 1.165) is 36.3 Å². The molecular weight excluding hydrogens is 254 g/mol. The van der Waals surface area contributed by atoms with Gasteiger partial charge in [0.05, 0.1) is 6.10 Å². The van der Waals surface area contributed by atoms with Crippen molar-refractivity contribution in [2.45, 2.75) is 45.8 Å². The molecule has 0 spiro atoms. The molecule has 2 atom stereocenters. The normalized spacial score (nSPS) is 14.1. The Kier molecular flexibility index (Phi) is 7.59. The minimum Gasteiger partial charge on any atom is -0.491 e. The zero-order valence-electron chi connectivity index (χ0n) is 12.7. The average Bonchev–Trinajstić information content (AvgIpc) is 2.39. The third kappa shape index (κ3) is 6.89. The number of ether oxygens (including phenoxy) is 1. The highest BCUT2D eigenvalue weighted by molar-refractivity contribution is 5.35. The van der Waals surface area contributed by atoms with Gasteiger partial charge in [-0.15, -0.1) is 0 Å². The Morgan fingerprint density at radius 1 is 1.25 bits per heavy atom. The summed E-state index contributed by atoms with van der Waals surface area (Å²) in [7, 11) is 0. The van der Waals surface area contributed by atoms with Gasteiger partial charge in [0.1, 0.15) is 18.5 Å². The highest BCUT2D eigenvalue weighted by atomic mass is 16.5. The van der Waals surface area contributed by atoms with E-state index in [1.54, 1.807) is 6.92 Å². The molecule has 4 nitrogen and oxygen atoms in total. The Labute approximate surface area is 121 Å². The van der Waals surface area contributed by atoms with Gasteiger partial charge in [-0.25, -0.2) is 0 Å². The van der Waals surface area contributed by atoms with E-state index < -0.39 is 6.10 Å². The van der Waals surface area contributed by atoms with Crippen molar-refractivity contribution in [3.05, 3.63) is 29.3 Å². The molecule has 0 aliphatic heterocycles. The van der Waals surface area contributed by atoms with Crippen LogP contribution >= 0.6 is 0 Å². The molecule has 1 rings (SSSR count). The van der Waals surface area contributed by atoms with Crippen molar-refractivity contribution in [1.82, 2.24) is 5.32 Å². The standard InChI is InChI=1S/C16H27NO3/c1-12-6-7-13(2)16(9-12)20-11-15(19)10-17-8-4-5-14(3)18/h6-7,9,14-15,17-19H,4-5,8,10-11H2,1-3H3. The number of hydrogen-bond donors (Lipinski definition) is 3. The van der Waals surface area contributed by atoms with Crippen molar-refractivity contribution in [2.24, 2.45) is 0 Å². The number of nitrogens with one attached hydrogen (secondary N) is 1. The highest BCUT2D eigenvalue weighted by Crippen LogP contribution is 2.19. The molecule has 1 aromatic rings. The largest absolute Gasteiger partial charge is 0.491 e. The smallest absolute Gasteiger partial charge is 0.122 e. The van der Waals surface area contributed by atoms with Crippen molar-refractivity contribution in [2.75, 3.05) is 19.7 Å². The van der Waals surface area contributed by atoms with Crippen molar-refractivity contribution in [3.63, 3.8) is 0 Å². The van der Waals surface area contributed by atoms with Crippen LogP contribution in [0.4, 0.5) is 0 Å². The summed E-state index contributed by atoms with van der Waals surface area (Å²) in [6, 6.07) is 6.05. The lowest BCUT2D eigenvalue weighted by molar-refractivity contribution is 0.105. The molecule has 0 radical (unpaired) electrons. The summed E-state index contributed by atoms with van der Waals surface area (Å²) in [5.74, 6) is 0.832. The maximum atomic E-state index is 9.84. The van der Waals surface area contributed by atoms with E-state index >= 15 is 0 Å². The van der Waals surface area contributed by atoms with Gasteiger partial charge >= 0.3 is 0 Å². The summed E-state index contributed by atoms with van der Waals surface area (Å²) < 4.78 is 5.64. The van der Waals surface area contributed by atoms with Gasteiger partial charge in [0.25, 0.3) is 0 Å². The van der Waals surface area contributed by atoms with Crippen LogP contribution < -0.4 is 10.1 Å². The third-order valence-corrected chi connectivity index (χ3v) is 3.13. The molecule has 0 fully saturated rings. The Balaban J connectivity index is 2.19. The molecule has 0 saturated heterocycles. The maximum absolute atomic E-state index is 9.84. The minimum atomic E-state index is -0.526. The first-order valence-electron chi connectivity index (χ1n) is 7.26. The van der Waals surface area contributed by atoms with E-state index in [1.165, 1.54) is 0 Å². The Morgan fingerprint density at radius 2 is 2.00 bits per heavy atom. The lowest BCUT2D eigenvalue weighted by Crippen LogP contribution is -2.32. The first-order valence-corrected chi connectivity index (χ1v) is 7.26. The monoisotopic (exact) mass is 281 g/mol. The van der Waals surface area contributed by atoms with E-state index in [0.29, 0.717) is 6.54 Å². The van der Waals surface area contributed by atoms with E-state index in [-0.39, 0.29) is 12.7 Å². The zero-order chi connectivity index (χ0) is 15.0. The Hall–Kier alpha value is -1.10. The summed E-state index contributed by atoms with van der Waals surface area (Å²) >= 11 is 0. The molecule has 3 N–H and O–H groups in total. The number of rotatable bonds is 9. The van der Waals surface area contributed by atoms with Gasteiger partial charge in [-0.3, -0.25) is 0 Å². The fourth-order valence-electron chi connectivity index (χ4n) is 1.90. The van der Waals surface area contributed by atoms with E-state index in [9.17, 15) is 5.11 Å². The maximum Gasteiger partial charge on any atom is 0.122 e. The van der Waals surface area contributed by atoms with Crippen LogP contribution in [0.5, 0.6) is 5.75 Å². The van der Waals surface area contributed by atoms with Gasteiger partial charge in [-0.1, -0.05) is 12.1 Å². The molecule has 20 heavy (non-hydrogen) atoms. The van der Waals surface area contributed by atoms with E-state index in [2.05, 4.69) is 5.32 Å². The predicted octanol–water partition coefficient (Wildman–Crippen LogP) is 1.79. The Morgan fingerprint density at radius 3 is 2.70 bits per heavy atom. The van der Waals surface area contributed by atoms with Gasteiger partial charge in [0.15, 0.2) is 0 Å². The molecule has 0 bridgehead atoms. The fraction of sp³-hybridized carbons (Fsp3) is 0.625. The molecule has 4 heteroatoms. The van der Waals surface area contributed by atoms with Crippen LogP contribution in [0.3, 0.4) is 0 Å². The van der Waals surface area contributed by atoms with Gasteiger partial charge in [0.2, 0.25) is 0 Å². The summed E-state index contributed by atoms with van der Waals surface area (Å²) in [6.07, 6.45) is 0.903. The molecule has 0 aliphatic carbocycles. The van der Waals surface area contributed by atoms with Crippen LogP contribution in [-0.4, -0.2) is 42.1 Å². The molecule has 0 aliphatic rings. The predicted molar refractivity (Wildman–Crippen MR) is 81.2 cm³/mol.